The highest BCUT2D eigenvalue weighted by molar-refractivity contribution is 6.30. The minimum absolute atomic E-state index is 0.209. The van der Waals surface area contributed by atoms with Crippen LogP contribution in [0.1, 0.15) is 28.2 Å². The predicted molar refractivity (Wildman–Crippen MR) is 237 cm³/mol. The standard InChI is InChI=1S/C55H34O/c1-2-14-35(15-3-1)51-39-17-5-4-16-37(39)32-49(51)34-26-28-36(29-27-34)52-43-21-9-11-23-45(43)53(46-24-12-10-22-44(46)52)38-30-31-48-50(33-38)56-55-47-25-13-7-19-41(47)40-18-6-8-20-42(40)54(48)55/h1-33,51H. The van der Waals surface area contributed by atoms with E-state index in [1.807, 2.05) is 0 Å². The summed E-state index contributed by atoms with van der Waals surface area (Å²) in [6.45, 7) is 0. The molecule has 1 aromatic heterocycles. The van der Waals surface area contributed by atoms with Crippen LogP contribution in [0, 0.1) is 0 Å². The zero-order valence-corrected chi connectivity index (χ0v) is 30.5. The Morgan fingerprint density at radius 2 is 0.857 bits per heavy atom. The highest BCUT2D eigenvalue weighted by atomic mass is 16.3. The van der Waals surface area contributed by atoms with Crippen molar-refractivity contribution in [2.24, 2.45) is 0 Å². The van der Waals surface area contributed by atoms with Gasteiger partial charge in [-0.15, -0.1) is 0 Å². The van der Waals surface area contributed by atoms with E-state index in [4.69, 9.17) is 4.42 Å². The zero-order valence-electron chi connectivity index (χ0n) is 30.5. The molecule has 0 spiro atoms. The van der Waals surface area contributed by atoms with Gasteiger partial charge in [-0.3, -0.25) is 0 Å². The van der Waals surface area contributed by atoms with Gasteiger partial charge >= 0.3 is 0 Å². The van der Waals surface area contributed by atoms with Crippen LogP contribution in [0.2, 0.25) is 0 Å². The number of hydrogen-bond acceptors (Lipinski definition) is 1. The minimum atomic E-state index is 0.209. The van der Waals surface area contributed by atoms with E-state index in [0.717, 1.165) is 27.5 Å². The first-order valence-corrected chi connectivity index (χ1v) is 19.5. The van der Waals surface area contributed by atoms with Crippen LogP contribution in [-0.2, 0) is 0 Å². The second kappa shape index (κ2) is 12.1. The van der Waals surface area contributed by atoms with Gasteiger partial charge in [-0.1, -0.05) is 182 Å². The van der Waals surface area contributed by atoms with Crippen LogP contribution >= 0.6 is 0 Å². The fourth-order valence-electron chi connectivity index (χ4n) is 9.72. The molecule has 0 aliphatic heterocycles. The molecule has 1 aliphatic carbocycles. The van der Waals surface area contributed by atoms with E-state index >= 15 is 0 Å². The van der Waals surface area contributed by atoms with Crippen molar-refractivity contribution in [3.05, 3.63) is 216 Å². The van der Waals surface area contributed by atoms with Crippen LogP contribution in [0.3, 0.4) is 0 Å². The van der Waals surface area contributed by atoms with Crippen LogP contribution in [0.15, 0.2) is 199 Å². The molecule has 12 rings (SSSR count). The van der Waals surface area contributed by atoms with Gasteiger partial charge in [-0.25, -0.2) is 0 Å². The number of furan rings is 1. The van der Waals surface area contributed by atoms with Gasteiger partial charge in [-0.05, 0) is 106 Å². The number of rotatable bonds is 4. The maximum atomic E-state index is 6.86. The minimum Gasteiger partial charge on any atom is -0.455 e. The summed E-state index contributed by atoms with van der Waals surface area (Å²) in [6, 6.07) is 71.0. The van der Waals surface area contributed by atoms with Gasteiger partial charge in [0.2, 0.25) is 0 Å². The summed E-state index contributed by atoms with van der Waals surface area (Å²) >= 11 is 0. The van der Waals surface area contributed by atoms with Gasteiger partial charge < -0.3 is 4.42 Å². The zero-order chi connectivity index (χ0) is 36.7. The molecule has 260 valence electrons. The van der Waals surface area contributed by atoms with Crippen molar-refractivity contribution in [3.8, 4) is 22.3 Å². The quantitative estimate of drug-likeness (QED) is 0.131. The van der Waals surface area contributed by atoms with Gasteiger partial charge in [0, 0.05) is 22.1 Å². The molecule has 0 saturated carbocycles. The molecule has 0 radical (unpaired) electrons. The predicted octanol–water partition coefficient (Wildman–Crippen LogP) is 15.2. The lowest BCUT2D eigenvalue weighted by Gasteiger charge is -2.19. The summed E-state index contributed by atoms with van der Waals surface area (Å²) in [7, 11) is 0. The molecule has 1 aliphatic rings. The van der Waals surface area contributed by atoms with Crippen LogP contribution in [0.5, 0.6) is 0 Å². The molecule has 1 heterocycles. The third-order valence-electron chi connectivity index (χ3n) is 12.1. The molecule has 0 bridgehead atoms. The molecule has 0 amide bonds. The Hall–Kier alpha value is -7.22. The van der Waals surface area contributed by atoms with Crippen molar-refractivity contribution in [1.82, 2.24) is 0 Å². The molecule has 11 aromatic rings. The highest BCUT2D eigenvalue weighted by Gasteiger charge is 2.28. The van der Waals surface area contributed by atoms with Crippen LogP contribution in [0.25, 0.3) is 98.9 Å². The molecule has 10 aromatic carbocycles. The van der Waals surface area contributed by atoms with Crippen molar-refractivity contribution < 1.29 is 4.42 Å². The largest absolute Gasteiger partial charge is 0.455 e. The average Bonchev–Trinajstić information content (AvgIpc) is 3.85. The Bertz CT molecular complexity index is 3340. The average molecular weight is 711 g/mol. The lowest BCUT2D eigenvalue weighted by molar-refractivity contribution is 0.673. The summed E-state index contributed by atoms with van der Waals surface area (Å²) in [4.78, 5) is 0. The van der Waals surface area contributed by atoms with Crippen molar-refractivity contribution in [1.29, 1.82) is 0 Å². The monoisotopic (exact) mass is 710 g/mol. The molecular weight excluding hydrogens is 677 g/mol. The summed E-state index contributed by atoms with van der Waals surface area (Å²) < 4.78 is 6.86. The van der Waals surface area contributed by atoms with Gasteiger partial charge in [0.25, 0.3) is 0 Å². The SMILES string of the molecule is C1=C(c2ccc(-c3c4ccccc4c(-c4ccc5c(c4)oc4c6ccccc6c6ccccc6c54)c4ccccc34)cc2)C(c2ccccc2)c2ccccc21. The Labute approximate surface area is 324 Å². The summed E-state index contributed by atoms with van der Waals surface area (Å²) in [6.07, 6.45) is 2.38. The molecule has 0 fully saturated rings. The molecular formula is C55H34O. The molecule has 1 atom stereocenters. The maximum Gasteiger partial charge on any atom is 0.143 e. The van der Waals surface area contributed by atoms with E-state index < -0.39 is 0 Å². The number of fused-ring (bicyclic) bond motifs is 11. The topological polar surface area (TPSA) is 13.1 Å². The van der Waals surface area contributed by atoms with E-state index in [1.165, 1.54) is 87.6 Å². The van der Waals surface area contributed by atoms with E-state index in [0.29, 0.717) is 0 Å². The Morgan fingerprint density at radius 3 is 1.54 bits per heavy atom. The molecule has 0 saturated heterocycles. The van der Waals surface area contributed by atoms with Gasteiger partial charge in [0.05, 0.1) is 0 Å². The third-order valence-corrected chi connectivity index (χ3v) is 12.1. The maximum absolute atomic E-state index is 6.86. The highest BCUT2D eigenvalue weighted by Crippen LogP contribution is 2.48. The van der Waals surface area contributed by atoms with Crippen molar-refractivity contribution in [3.63, 3.8) is 0 Å². The first kappa shape index (κ1) is 31.2. The first-order chi connectivity index (χ1) is 27.8. The fourth-order valence-corrected chi connectivity index (χ4v) is 9.72. The van der Waals surface area contributed by atoms with Crippen molar-refractivity contribution >= 4 is 76.7 Å². The van der Waals surface area contributed by atoms with E-state index in [-0.39, 0.29) is 5.92 Å². The van der Waals surface area contributed by atoms with Crippen molar-refractivity contribution in [2.75, 3.05) is 0 Å². The number of benzene rings is 10. The summed E-state index contributed by atoms with van der Waals surface area (Å²) in [5, 5.41) is 12.1. The molecule has 0 N–H and O–H groups in total. The van der Waals surface area contributed by atoms with Crippen LogP contribution in [0.4, 0.5) is 0 Å². The summed E-state index contributed by atoms with van der Waals surface area (Å²) in [5.41, 5.74) is 13.3. The van der Waals surface area contributed by atoms with Crippen molar-refractivity contribution in [2.45, 2.75) is 5.92 Å². The number of hydrogen-bond donors (Lipinski definition) is 0. The van der Waals surface area contributed by atoms with E-state index in [2.05, 4.69) is 200 Å². The smallest absolute Gasteiger partial charge is 0.143 e. The van der Waals surface area contributed by atoms with Crippen LogP contribution in [-0.4, -0.2) is 0 Å². The van der Waals surface area contributed by atoms with Gasteiger partial charge in [0.15, 0.2) is 0 Å². The number of allylic oxidation sites excluding steroid dienone is 1. The van der Waals surface area contributed by atoms with Crippen LogP contribution < -0.4 is 0 Å². The summed E-state index contributed by atoms with van der Waals surface area (Å²) in [5.74, 6) is 0.209. The molecule has 56 heavy (non-hydrogen) atoms. The lowest BCUT2D eigenvalue weighted by atomic mass is 9.83. The lowest BCUT2D eigenvalue weighted by Crippen LogP contribution is -2.01. The van der Waals surface area contributed by atoms with Gasteiger partial charge in [-0.2, -0.15) is 0 Å². The molecule has 1 heteroatoms. The first-order valence-electron chi connectivity index (χ1n) is 19.5. The normalized spacial score (nSPS) is 14.0. The Balaban J connectivity index is 1.03. The third kappa shape index (κ3) is 4.55. The Kier molecular flexibility index (Phi) is 6.76. The second-order valence-electron chi connectivity index (χ2n) is 15.1. The molecule has 1 unspecified atom stereocenters. The fraction of sp³-hybridized carbons (Fsp3) is 0.0182. The van der Waals surface area contributed by atoms with Gasteiger partial charge in [0.1, 0.15) is 11.2 Å². The van der Waals surface area contributed by atoms with E-state index in [1.54, 1.807) is 0 Å². The molecule has 1 nitrogen and oxygen atoms in total. The second-order valence-corrected chi connectivity index (χ2v) is 15.1. The Morgan fingerprint density at radius 1 is 0.357 bits per heavy atom. The van der Waals surface area contributed by atoms with E-state index in [9.17, 15) is 0 Å².